The Balaban J connectivity index is 2.22. The van der Waals surface area contributed by atoms with E-state index in [1.165, 1.54) is 39.2 Å². The van der Waals surface area contributed by atoms with Crippen molar-refractivity contribution in [1.29, 1.82) is 0 Å². The van der Waals surface area contributed by atoms with E-state index in [9.17, 15) is 63.3 Å². The summed E-state index contributed by atoms with van der Waals surface area (Å²) < 4.78 is 5.39. The number of aliphatic hydroxyl groups is 2. The third-order valence-corrected chi connectivity index (χ3v) is 11.3. The van der Waals surface area contributed by atoms with Gasteiger partial charge >= 0.3 is 0 Å². The number of likely N-dealkylation sites (N-methyl/N-ethyl adjacent to an activating group) is 1. The molecule has 10 amide bonds. The van der Waals surface area contributed by atoms with Crippen LogP contribution in [0.25, 0.3) is 0 Å². The summed E-state index contributed by atoms with van der Waals surface area (Å²) in [7, 11) is 2.34. The number of rotatable bonds is 11. The van der Waals surface area contributed by atoms with Gasteiger partial charge < -0.3 is 73.2 Å². The van der Waals surface area contributed by atoms with E-state index in [-0.39, 0.29) is 42.5 Å². The topological polar surface area (TPSA) is 371 Å². The largest absolute Gasteiger partial charge is 0.508 e. The molecule has 24 heteroatoms. The van der Waals surface area contributed by atoms with Crippen molar-refractivity contribution in [3.8, 4) is 5.75 Å². The molecule has 0 radical (unpaired) electrons. The van der Waals surface area contributed by atoms with E-state index in [2.05, 4.69) is 31.9 Å². The molecule has 10 atom stereocenters. The lowest BCUT2D eigenvalue weighted by molar-refractivity contribution is -0.146. The second kappa shape index (κ2) is 24.7. The number of ether oxygens (including phenoxy) is 1. The van der Waals surface area contributed by atoms with E-state index < -0.39 is 139 Å². The van der Waals surface area contributed by atoms with Crippen LogP contribution < -0.4 is 43.4 Å². The molecule has 0 saturated carbocycles. The van der Waals surface area contributed by atoms with E-state index in [0.29, 0.717) is 6.42 Å². The Morgan fingerprint density at radius 3 is 2.09 bits per heavy atom. The van der Waals surface area contributed by atoms with Gasteiger partial charge in [-0.3, -0.25) is 47.9 Å². The standard InChI is InChI=1S/C43H64N10O14/c1-8-24-42(65)52(6)19-31(56)50-33(35(58)36(45)59)40(63)51-32(22(5)67-7)43(66)53-18-21(4)15-28(53)39(62)49-26(16-23-11-9-10-12-29(23)54)37(60)48-27(17-30(44)55)38(61)47-25(14-13-20(2)3)34(57)41(64)46-24/h8-12,20-22,25-28,32-35,54,57-58H,13-19H2,1-7H3,(H2,44,55)(H2,45,59)(H,46,64)(H,47,61)(H,48,60)(H,49,62)(H,50,56)(H,51,63). The minimum Gasteiger partial charge on any atom is -0.508 e. The van der Waals surface area contributed by atoms with Gasteiger partial charge in [-0.15, -0.1) is 0 Å². The van der Waals surface area contributed by atoms with Gasteiger partial charge in [0, 0.05) is 27.1 Å². The number of phenols is 1. The summed E-state index contributed by atoms with van der Waals surface area (Å²) in [5.74, 6) is -11.6. The lowest BCUT2D eigenvalue weighted by atomic mass is 9.98. The molecule has 3 rings (SSSR count). The van der Waals surface area contributed by atoms with Crippen molar-refractivity contribution in [2.45, 2.75) is 121 Å². The van der Waals surface area contributed by atoms with Gasteiger partial charge in [0.05, 0.1) is 25.1 Å². The number of fused-ring (bicyclic) bond motifs is 1. The third kappa shape index (κ3) is 15.2. The first-order chi connectivity index (χ1) is 31.4. The van der Waals surface area contributed by atoms with Crippen LogP contribution in [0, 0.1) is 11.8 Å². The first-order valence-corrected chi connectivity index (χ1v) is 21.7. The molecule has 1 aromatic rings. The van der Waals surface area contributed by atoms with Gasteiger partial charge in [0.1, 0.15) is 41.7 Å². The predicted molar refractivity (Wildman–Crippen MR) is 236 cm³/mol. The van der Waals surface area contributed by atoms with E-state index in [0.717, 1.165) is 22.9 Å². The molecule has 0 aliphatic carbocycles. The Bertz CT molecular complexity index is 2070. The normalized spacial score (nSPS) is 27.3. The Morgan fingerprint density at radius 1 is 0.881 bits per heavy atom. The highest BCUT2D eigenvalue weighted by Crippen LogP contribution is 2.26. The number of nitrogens with zero attached hydrogens (tertiary/aromatic N) is 2. The second-order valence-electron chi connectivity index (χ2n) is 17.2. The molecule has 2 fully saturated rings. The lowest BCUT2D eigenvalue weighted by Crippen LogP contribution is -2.64. The lowest BCUT2D eigenvalue weighted by Gasteiger charge is -2.33. The fourth-order valence-electron chi connectivity index (χ4n) is 7.45. The number of allylic oxidation sites excluding steroid dienone is 1. The van der Waals surface area contributed by atoms with Crippen LogP contribution in [0.4, 0.5) is 0 Å². The summed E-state index contributed by atoms with van der Waals surface area (Å²) in [6.07, 6.45) is -5.31. The minimum absolute atomic E-state index is 0.0234. The molecule has 2 saturated heterocycles. The fraction of sp³-hybridized carbons (Fsp3) is 0.581. The molecular weight excluding hydrogens is 881 g/mol. The number of hydrogen-bond acceptors (Lipinski definition) is 14. The highest BCUT2D eigenvalue weighted by molar-refractivity contribution is 6.02. The Kier molecular flexibility index (Phi) is 20.2. The molecule has 67 heavy (non-hydrogen) atoms. The Labute approximate surface area is 387 Å². The van der Waals surface area contributed by atoms with E-state index >= 15 is 0 Å². The zero-order valence-electron chi connectivity index (χ0n) is 38.6. The van der Waals surface area contributed by atoms with Crippen LogP contribution in [0.1, 0.15) is 65.9 Å². The molecule has 0 bridgehead atoms. The number of primary amides is 2. The maximum Gasteiger partial charge on any atom is 0.270 e. The SMILES string of the molecule is CC=C1NC(=O)C(O)C(CCC(C)C)NC(=O)C(CC(N)=O)NC(=O)C(Cc2ccccc2O)NC(=O)C2CC(C)CN2C(=O)C(C(C)OC)NC(=O)C(C(O)C(N)=O)NC(=O)CN(C)C1=O. The van der Waals surface area contributed by atoms with E-state index in [4.69, 9.17) is 16.2 Å². The smallest absolute Gasteiger partial charge is 0.270 e. The maximum absolute atomic E-state index is 14.4. The zero-order valence-corrected chi connectivity index (χ0v) is 38.6. The summed E-state index contributed by atoms with van der Waals surface area (Å²) in [6.45, 7) is 7.21. The van der Waals surface area contributed by atoms with Crippen LogP contribution in [-0.2, 0) is 59.1 Å². The predicted octanol–water partition coefficient (Wildman–Crippen LogP) is -4.36. The molecular formula is C43H64N10O14. The van der Waals surface area contributed by atoms with Crippen LogP contribution in [0.2, 0.25) is 0 Å². The number of benzene rings is 1. The van der Waals surface area contributed by atoms with Crippen molar-refractivity contribution in [2.24, 2.45) is 23.3 Å². The number of para-hydroxylation sites is 1. The molecule has 2 aliphatic rings. The van der Waals surface area contributed by atoms with Crippen molar-refractivity contribution in [2.75, 3.05) is 27.2 Å². The first kappa shape index (κ1) is 54.7. The van der Waals surface area contributed by atoms with Crippen molar-refractivity contribution in [3.05, 3.63) is 41.6 Å². The summed E-state index contributed by atoms with van der Waals surface area (Å²) in [5, 5.41) is 47.0. The van der Waals surface area contributed by atoms with Crippen LogP contribution >= 0.6 is 0 Å². The molecule has 370 valence electrons. The molecule has 2 aliphatic heterocycles. The minimum atomic E-state index is -2.38. The van der Waals surface area contributed by atoms with Crippen LogP contribution in [0.3, 0.4) is 0 Å². The number of nitrogens with one attached hydrogen (secondary N) is 6. The summed E-state index contributed by atoms with van der Waals surface area (Å²) in [6, 6.07) is -4.03. The number of amides is 10. The number of methoxy groups -OCH3 is 1. The molecule has 2 heterocycles. The summed E-state index contributed by atoms with van der Waals surface area (Å²) in [4.78, 5) is 138. The quantitative estimate of drug-likeness (QED) is 0.0935. The van der Waals surface area contributed by atoms with Gasteiger partial charge in [-0.05, 0) is 56.6 Å². The zero-order chi connectivity index (χ0) is 50.4. The van der Waals surface area contributed by atoms with E-state index in [1.54, 1.807) is 13.0 Å². The molecule has 13 N–H and O–H groups in total. The highest BCUT2D eigenvalue weighted by Gasteiger charge is 2.45. The first-order valence-electron chi connectivity index (χ1n) is 21.7. The Morgan fingerprint density at radius 2 is 1.51 bits per heavy atom. The molecule has 0 aromatic heterocycles. The van der Waals surface area contributed by atoms with Crippen LogP contribution in [0.5, 0.6) is 5.75 Å². The number of carbonyl (C=O) groups excluding carboxylic acids is 10. The average molecular weight is 945 g/mol. The van der Waals surface area contributed by atoms with Crippen molar-refractivity contribution >= 4 is 59.1 Å². The van der Waals surface area contributed by atoms with Crippen LogP contribution in [-0.4, -0.2) is 166 Å². The number of carbonyl (C=O) groups is 10. The third-order valence-electron chi connectivity index (χ3n) is 11.3. The van der Waals surface area contributed by atoms with Gasteiger partial charge in [-0.25, -0.2) is 0 Å². The molecule has 10 unspecified atom stereocenters. The van der Waals surface area contributed by atoms with Crippen molar-refractivity contribution < 1.29 is 68.0 Å². The average Bonchev–Trinajstić information content (AvgIpc) is 3.67. The van der Waals surface area contributed by atoms with Gasteiger partial charge in [0.15, 0.2) is 12.2 Å². The van der Waals surface area contributed by atoms with Gasteiger partial charge in [0.2, 0.25) is 47.3 Å². The van der Waals surface area contributed by atoms with Gasteiger partial charge in [0.25, 0.3) is 11.8 Å². The van der Waals surface area contributed by atoms with Crippen LogP contribution in [0.15, 0.2) is 36.0 Å². The second-order valence-corrected chi connectivity index (χ2v) is 17.2. The number of aliphatic hydroxyl groups excluding tert-OH is 2. The number of phenolic OH excluding ortho intramolecular Hbond substituents is 1. The molecule has 24 nitrogen and oxygen atoms in total. The molecule has 0 spiro atoms. The van der Waals surface area contributed by atoms with Crippen molar-refractivity contribution in [1.82, 2.24) is 41.7 Å². The van der Waals surface area contributed by atoms with Gasteiger partial charge in [-0.1, -0.05) is 45.0 Å². The summed E-state index contributed by atoms with van der Waals surface area (Å²) in [5.41, 5.74) is 10.5. The number of hydrogen-bond donors (Lipinski definition) is 11. The molecule has 1 aromatic carbocycles. The fourth-order valence-corrected chi connectivity index (χ4v) is 7.45. The maximum atomic E-state index is 14.4. The monoisotopic (exact) mass is 944 g/mol. The Hall–Kier alpha value is -6.66. The summed E-state index contributed by atoms with van der Waals surface area (Å²) >= 11 is 0. The number of aromatic hydroxyl groups is 1. The van der Waals surface area contributed by atoms with Crippen molar-refractivity contribution in [3.63, 3.8) is 0 Å². The van der Waals surface area contributed by atoms with E-state index in [1.807, 2.05) is 13.8 Å². The highest BCUT2D eigenvalue weighted by atomic mass is 16.5. The number of nitrogens with two attached hydrogens (primary N) is 2. The van der Waals surface area contributed by atoms with Gasteiger partial charge in [-0.2, -0.15) is 0 Å².